The van der Waals surface area contributed by atoms with Crippen molar-refractivity contribution < 1.29 is 0 Å². The molecule has 0 amide bonds. The highest BCUT2D eigenvalue weighted by Crippen LogP contribution is 2.48. The monoisotopic (exact) mass is 277 g/mol. The molecule has 0 aromatic heterocycles. The van der Waals surface area contributed by atoms with Crippen molar-refractivity contribution in [3.8, 4) is 0 Å². The molecule has 0 aliphatic carbocycles. The molecule has 2 bridgehead atoms. The Kier molecular flexibility index (Phi) is 3.61. The van der Waals surface area contributed by atoms with E-state index in [9.17, 15) is 0 Å². The van der Waals surface area contributed by atoms with Crippen molar-refractivity contribution >= 4 is 11.6 Å². The third-order valence-electron chi connectivity index (χ3n) is 5.40. The predicted octanol–water partition coefficient (Wildman–Crippen LogP) is 4.56. The summed E-state index contributed by atoms with van der Waals surface area (Å²) < 4.78 is 0. The van der Waals surface area contributed by atoms with Gasteiger partial charge in [0.1, 0.15) is 0 Å². The maximum absolute atomic E-state index is 6.03. The minimum Gasteiger partial charge on any atom is -0.300 e. The maximum Gasteiger partial charge on any atom is 0.0406 e. The van der Waals surface area contributed by atoms with Gasteiger partial charge in [-0.3, -0.25) is 0 Å². The smallest absolute Gasteiger partial charge is 0.0406 e. The number of benzene rings is 1. The first-order valence-electron chi connectivity index (χ1n) is 7.55. The average Bonchev–Trinajstić information content (AvgIpc) is 2.63. The number of fused-ring (bicyclic) bond motifs is 2. The van der Waals surface area contributed by atoms with E-state index in [-0.39, 0.29) is 0 Å². The summed E-state index contributed by atoms with van der Waals surface area (Å²) in [7, 11) is 2.33. The molecule has 3 rings (SSSR count). The molecule has 1 nitrogen and oxygen atoms in total. The molecule has 0 spiro atoms. The molecule has 2 saturated heterocycles. The number of hydrogen-bond acceptors (Lipinski definition) is 1. The summed E-state index contributed by atoms with van der Waals surface area (Å²) >= 11 is 6.03. The van der Waals surface area contributed by atoms with E-state index in [4.69, 9.17) is 11.6 Å². The van der Waals surface area contributed by atoms with Gasteiger partial charge < -0.3 is 4.90 Å². The number of nitrogens with zero attached hydrogens (tertiary/aromatic N) is 1. The molecule has 104 valence electrons. The Morgan fingerprint density at radius 1 is 1.16 bits per heavy atom. The summed E-state index contributed by atoms with van der Waals surface area (Å²) in [5.41, 5.74) is 1.49. The lowest BCUT2D eigenvalue weighted by Crippen LogP contribution is -2.47. The fraction of sp³-hybridized carbons (Fsp3) is 0.647. The van der Waals surface area contributed by atoms with E-state index in [1.807, 2.05) is 0 Å². The van der Waals surface area contributed by atoms with Crippen molar-refractivity contribution in [2.75, 3.05) is 7.05 Å². The van der Waals surface area contributed by atoms with E-state index in [2.05, 4.69) is 50.1 Å². The maximum atomic E-state index is 6.03. The first-order chi connectivity index (χ1) is 9.08. The summed E-state index contributed by atoms with van der Waals surface area (Å²) in [6, 6.07) is 10.2. The Morgan fingerprint density at radius 3 is 2.47 bits per heavy atom. The highest BCUT2D eigenvalue weighted by molar-refractivity contribution is 6.30. The predicted molar refractivity (Wildman–Crippen MR) is 81.7 cm³/mol. The standard InChI is InChI=1S/C17H24ClN/c1-11(2)17-15(12-4-6-13(18)7-5-12)10-14-8-9-16(17)19(14)3/h4-7,11,14-17H,8-10H2,1-3H3. The molecule has 4 unspecified atom stereocenters. The minimum absolute atomic E-state index is 0.714. The normalized spacial score (nSPS) is 35.0. The van der Waals surface area contributed by atoms with E-state index < -0.39 is 0 Å². The van der Waals surface area contributed by atoms with Crippen LogP contribution in [0.2, 0.25) is 5.02 Å². The molecule has 1 aromatic carbocycles. The molecule has 2 aliphatic heterocycles. The van der Waals surface area contributed by atoms with Crippen LogP contribution >= 0.6 is 11.6 Å². The number of halogens is 1. The van der Waals surface area contributed by atoms with Crippen LogP contribution in [0.4, 0.5) is 0 Å². The van der Waals surface area contributed by atoms with E-state index >= 15 is 0 Å². The largest absolute Gasteiger partial charge is 0.300 e. The van der Waals surface area contributed by atoms with Crippen LogP contribution in [0.3, 0.4) is 0 Å². The van der Waals surface area contributed by atoms with Crippen molar-refractivity contribution in [1.82, 2.24) is 4.90 Å². The van der Waals surface area contributed by atoms with E-state index in [1.54, 1.807) is 0 Å². The Labute approximate surface area is 121 Å². The van der Waals surface area contributed by atoms with Crippen molar-refractivity contribution in [2.24, 2.45) is 11.8 Å². The quantitative estimate of drug-likeness (QED) is 0.766. The highest BCUT2D eigenvalue weighted by atomic mass is 35.5. The summed E-state index contributed by atoms with van der Waals surface area (Å²) in [5.74, 6) is 2.24. The Balaban J connectivity index is 1.93. The SMILES string of the molecule is CC(C)C1C(c2ccc(Cl)cc2)CC2CCC1N2C. The van der Waals surface area contributed by atoms with Crippen molar-refractivity contribution in [1.29, 1.82) is 0 Å². The molecule has 2 heteroatoms. The van der Waals surface area contributed by atoms with Gasteiger partial charge in [-0.15, -0.1) is 0 Å². The van der Waals surface area contributed by atoms with Gasteiger partial charge in [0.25, 0.3) is 0 Å². The van der Waals surface area contributed by atoms with Gasteiger partial charge in [-0.2, -0.15) is 0 Å². The van der Waals surface area contributed by atoms with Crippen LogP contribution in [0.15, 0.2) is 24.3 Å². The summed E-state index contributed by atoms with van der Waals surface area (Å²) in [6.07, 6.45) is 4.08. The molecular weight excluding hydrogens is 254 g/mol. The van der Waals surface area contributed by atoms with Crippen molar-refractivity contribution in [2.45, 2.75) is 51.1 Å². The Hall–Kier alpha value is -0.530. The number of hydrogen-bond donors (Lipinski definition) is 0. The molecule has 0 saturated carbocycles. The Morgan fingerprint density at radius 2 is 1.84 bits per heavy atom. The van der Waals surface area contributed by atoms with Gasteiger partial charge >= 0.3 is 0 Å². The molecule has 4 atom stereocenters. The van der Waals surface area contributed by atoms with Crippen LogP contribution in [0, 0.1) is 11.8 Å². The van der Waals surface area contributed by atoms with Crippen molar-refractivity contribution in [3.63, 3.8) is 0 Å². The molecule has 0 N–H and O–H groups in total. The topological polar surface area (TPSA) is 3.24 Å². The lowest BCUT2D eigenvalue weighted by Gasteiger charge is -2.45. The van der Waals surface area contributed by atoms with Crippen LogP contribution in [0.25, 0.3) is 0 Å². The van der Waals surface area contributed by atoms with Gasteiger partial charge in [-0.1, -0.05) is 37.6 Å². The van der Waals surface area contributed by atoms with Crippen LogP contribution < -0.4 is 0 Å². The first-order valence-corrected chi connectivity index (χ1v) is 7.93. The fourth-order valence-electron chi connectivity index (χ4n) is 4.48. The lowest BCUT2D eigenvalue weighted by molar-refractivity contribution is 0.0727. The van der Waals surface area contributed by atoms with Crippen LogP contribution in [0.1, 0.15) is 44.6 Å². The second-order valence-corrected chi connectivity index (χ2v) is 7.12. The van der Waals surface area contributed by atoms with Crippen LogP contribution in [-0.4, -0.2) is 24.0 Å². The third-order valence-corrected chi connectivity index (χ3v) is 5.65. The molecule has 2 fully saturated rings. The van der Waals surface area contributed by atoms with Crippen LogP contribution in [0.5, 0.6) is 0 Å². The van der Waals surface area contributed by atoms with Crippen LogP contribution in [-0.2, 0) is 0 Å². The zero-order valence-corrected chi connectivity index (χ0v) is 12.9. The molecular formula is C17H24ClN. The average molecular weight is 278 g/mol. The van der Waals surface area contributed by atoms with Gasteiger partial charge in [-0.25, -0.2) is 0 Å². The molecule has 2 aliphatic rings. The van der Waals surface area contributed by atoms with Gasteiger partial charge in [-0.05, 0) is 61.8 Å². The van der Waals surface area contributed by atoms with Crippen molar-refractivity contribution in [3.05, 3.63) is 34.9 Å². The summed E-state index contributed by atoms with van der Waals surface area (Å²) in [5, 5.41) is 0.848. The van der Waals surface area contributed by atoms with Gasteiger partial charge in [0.05, 0.1) is 0 Å². The number of rotatable bonds is 2. The highest BCUT2D eigenvalue weighted by Gasteiger charge is 2.46. The molecule has 19 heavy (non-hydrogen) atoms. The Bertz CT molecular complexity index is 439. The molecule has 1 aromatic rings. The second-order valence-electron chi connectivity index (χ2n) is 6.68. The van der Waals surface area contributed by atoms with E-state index in [0.29, 0.717) is 5.92 Å². The molecule has 0 radical (unpaired) electrons. The zero-order valence-electron chi connectivity index (χ0n) is 12.1. The van der Waals surface area contributed by atoms with Gasteiger partial charge in [0.15, 0.2) is 0 Å². The van der Waals surface area contributed by atoms with Gasteiger partial charge in [0, 0.05) is 17.1 Å². The van der Waals surface area contributed by atoms with E-state index in [0.717, 1.165) is 28.9 Å². The van der Waals surface area contributed by atoms with Gasteiger partial charge in [0.2, 0.25) is 0 Å². The minimum atomic E-state index is 0.714. The summed E-state index contributed by atoms with van der Waals surface area (Å²) in [6.45, 7) is 4.78. The third kappa shape index (κ3) is 2.32. The fourth-order valence-corrected chi connectivity index (χ4v) is 4.61. The van der Waals surface area contributed by atoms with E-state index in [1.165, 1.54) is 24.8 Å². The molecule has 2 heterocycles. The number of piperidine rings is 1. The first kappa shape index (κ1) is 13.5. The lowest BCUT2D eigenvalue weighted by atomic mass is 9.71. The summed E-state index contributed by atoms with van der Waals surface area (Å²) in [4.78, 5) is 2.65. The zero-order chi connectivity index (χ0) is 13.6. The second kappa shape index (κ2) is 5.10.